The fourth-order valence-electron chi connectivity index (χ4n) is 9.62. The summed E-state index contributed by atoms with van der Waals surface area (Å²) in [5.74, 6) is 0. The van der Waals surface area contributed by atoms with E-state index >= 15 is 0 Å². The fraction of sp³-hybridized carbons (Fsp3) is 0.0213. The molecule has 3 aromatic heterocycles. The lowest BCUT2D eigenvalue weighted by Gasteiger charge is -2.40. The molecule has 0 saturated heterocycles. The van der Waals surface area contributed by atoms with Gasteiger partial charge in [0.1, 0.15) is 22.3 Å². The molecule has 2 aliphatic rings. The first-order valence-electron chi connectivity index (χ1n) is 17.9. The lowest BCUT2D eigenvalue weighted by atomic mass is 9.45. The molecule has 11 aromatic rings. The molecule has 0 N–H and O–H groups in total. The van der Waals surface area contributed by atoms with Crippen LogP contribution in [-0.4, -0.2) is 11.3 Å². The average Bonchev–Trinajstić information content (AvgIpc) is 3.84. The number of nitrogens with zero attached hydrogens (tertiary/aromatic N) is 2. The van der Waals surface area contributed by atoms with E-state index in [0.717, 1.165) is 55.3 Å². The maximum Gasteiger partial charge on any atom is 0.333 e. The molecule has 52 heavy (non-hydrogen) atoms. The van der Waals surface area contributed by atoms with Gasteiger partial charge in [0.15, 0.2) is 0 Å². The van der Waals surface area contributed by atoms with Crippen molar-refractivity contribution in [1.29, 1.82) is 0 Å². The maximum atomic E-state index is 6.63. The minimum Gasteiger partial charge on any atom is -0.456 e. The summed E-state index contributed by atoms with van der Waals surface area (Å²) in [6.07, 6.45) is 0. The molecule has 5 heteroatoms. The monoisotopic (exact) mass is 662 g/mol. The van der Waals surface area contributed by atoms with Crippen LogP contribution in [-0.2, 0) is 0 Å². The van der Waals surface area contributed by atoms with Crippen molar-refractivity contribution in [2.24, 2.45) is 0 Å². The molecular formula is C47H27BN2O2. The lowest BCUT2D eigenvalue weighted by Crippen LogP contribution is -2.56. The second kappa shape index (κ2) is 9.33. The number of furan rings is 2. The fourth-order valence-corrected chi connectivity index (χ4v) is 9.62. The molecule has 240 valence electrons. The largest absolute Gasteiger partial charge is 0.456 e. The second-order valence-electron chi connectivity index (χ2n) is 14.6. The number of aromatic nitrogens is 1. The molecule has 0 atom stereocenters. The first-order chi connectivity index (χ1) is 25.7. The van der Waals surface area contributed by atoms with Gasteiger partial charge in [-0.2, -0.15) is 0 Å². The number of fused-ring (bicyclic) bond motifs is 14. The number of hydrogen-bond acceptors (Lipinski definition) is 3. The van der Waals surface area contributed by atoms with Gasteiger partial charge in [0.25, 0.3) is 0 Å². The van der Waals surface area contributed by atoms with E-state index in [1.54, 1.807) is 0 Å². The Kier molecular flexibility index (Phi) is 4.86. The molecule has 0 radical (unpaired) electrons. The summed E-state index contributed by atoms with van der Waals surface area (Å²) in [6, 6.07) is 53.2. The third-order valence-corrected chi connectivity index (χ3v) is 11.7. The van der Waals surface area contributed by atoms with E-state index in [0.29, 0.717) is 0 Å². The maximum absolute atomic E-state index is 6.63. The van der Waals surface area contributed by atoms with E-state index in [4.69, 9.17) is 8.83 Å². The number of para-hydroxylation sites is 3. The molecule has 2 aliphatic heterocycles. The molecule has 0 amide bonds. The third-order valence-electron chi connectivity index (χ3n) is 11.7. The molecule has 4 nitrogen and oxygen atoms in total. The topological polar surface area (TPSA) is 34.5 Å². The van der Waals surface area contributed by atoms with Crippen molar-refractivity contribution < 1.29 is 8.83 Å². The zero-order chi connectivity index (χ0) is 33.8. The highest BCUT2D eigenvalue weighted by Crippen LogP contribution is 2.48. The summed E-state index contributed by atoms with van der Waals surface area (Å²) >= 11 is 0. The molecule has 8 aromatic carbocycles. The second-order valence-corrected chi connectivity index (χ2v) is 14.6. The van der Waals surface area contributed by atoms with E-state index in [2.05, 4.69) is 156 Å². The van der Waals surface area contributed by atoms with Gasteiger partial charge < -0.3 is 18.2 Å². The average molecular weight is 663 g/mol. The lowest BCUT2D eigenvalue weighted by molar-refractivity contribution is 0.669. The highest BCUT2D eigenvalue weighted by molar-refractivity contribution is 6.90. The smallest absolute Gasteiger partial charge is 0.333 e. The normalized spacial score (nSPS) is 13.4. The van der Waals surface area contributed by atoms with Gasteiger partial charge in [0.05, 0.1) is 0 Å². The van der Waals surface area contributed by atoms with Crippen LogP contribution in [0.3, 0.4) is 0 Å². The summed E-state index contributed by atoms with van der Waals surface area (Å²) in [5.41, 5.74) is 16.0. The molecule has 0 saturated carbocycles. The Balaban J connectivity index is 1.20. The van der Waals surface area contributed by atoms with Crippen LogP contribution in [0.15, 0.2) is 154 Å². The zero-order valence-corrected chi connectivity index (χ0v) is 28.1. The predicted octanol–water partition coefficient (Wildman–Crippen LogP) is 11.5. The predicted molar refractivity (Wildman–Crippen MR) is 217 cm³/mol. The zero-order valence-electron chi connectivity index (χ0n) is 28.1. The van der Waals surface area contributed by atoms with Crippen LogP contribution in [0.4, 0.5) is 17.1 Å². The molecule has 0 aliphatic carbocycles. The van der Waals surface area contributed by atoms with Crippen molar-refractivity contribution >= 4 is 111 Å². The Morgan fingerprint density at radius 2 is 1.17 bits per heavy atom. The Morgan fingerprint density at radius 1 is 0.481 bits per heavy atom. The molecule has 0 bridgehead atoms. The third kappa shape index (κ3) is 3.29. The van der Waals surface area contributed by atoms with Gasteiger partial charge in [-0.3, -0.25) is 0 Å². The quantitative estimate of drug-likeness (QED) is 0.164. The molecule has 0 fully saturated rings. The van der Waals surface area contributed by atoms with E-state index in [1.807, 2.05) is 6.07 Å². The summed E-state index contributed by atoms with van der Waals surface area (Å²) < 4.78 is 15.6. The Morgan fingerprint density at radius 3 is 2.00 bits per heavy atom. The van der Waals surface area contributed by atoms with Crippen LogP contribution in [0.1, 0.15) is 5.56 Å². The van der Waals surface area contributed by atoms with Crippen molar-refractivity contribution in [3.63, 3.8) is 0 Å². The van der Waals surface area contributed by atoms with Gasteiger partial charge in [-0.25, -0.2) is 0 Å². The van der Waals surface area contributed by atoms with Crippen LogP contribution in [0.5, 0.6) is 0 Å². The SMILES string of the molecule is Cc1cc2c3c(c1)N(c1ccc4oc5ccccc5c4c1)c1cc4c(cc1B3n1c3cc5ccccc5cc3c3cccc-2c31)oc1ccccc14. The molecule has 0 spiro atoms. The molecular weight excluding hydrogens is 635 g/mol. The van der Waals surface area contributed by atoms with Crippen molar-refractivity contribution in [1.82, 2.24) is 4.48 Å². The van der Waals surface area contributed by atoms with Gasteiger partial charge in [-0.05, 0) is 100 Å². The molecule has 5 heterocycles. The van der Waals surface area contributed by atoms with E-state index in [9.17, 15) is 0 Å². The minimum absolute atomic E-state index is 0.0657. The van der Waals surface area contributed by atoms with Gasteiger partial charge in [-0.1, -0.05) is 84.9 Å². The van der Waals surface area contributed by atoms with Crippen LogP contribution in [0, 0.1) is 6.92 Å². The van der Waals surface area contributed by atoms with Crippen molar-refractivity contribution in [2.75, 3.05) is 4.90 Å². The van der Waals surface area contributed by atoms with Gasteiger partial charge in [0, 0.05) is 66.0 Å². The molecule has 0 unspecified atom stereocenters. The summed E-state index contributed by atoms with van der Waals surface area (Å²) in [4.78, 5) is 2.49. The van der Waals surface area contributed by atoms with Crippen molar-refractivity contribution in [2.45, 2.75) is 6.92 Å². The Hall–Kier alpha value is -6.72. The number of aryl methyl sites for hydroxylation is 1. The Bertz CT molecular complexity index is 3400. The summed E-state index contributed by atoms with van der Waals surface area (Å²) in [5, 5.41) is 9.57. The first kappa shape index (κ1) is 27.1. The van der Waals surface area contributed by atoms with Gasteiger partial charge in [-0.15, -0.1) is 0 Å². The number of benzene rings is 8. The van der Waals surface area contributed by atoms with Gasteiger partial charge in [0.2, 0.25) is 0 Å². The summed E-state index contributed by atoms with van der Waals surface area (Å²) in [6.45, 7) is 2.17. The van der Waals surface area contributed by atoms with Gasteiger partial charge >= 0.3 is 6.85 Å². The summed E-state index contributed by atoms with van der Waals surface area (Å²) in [7, 11) is 0. The number of hydrogen-bond donors (Lipinski definition) is 0. The number of anilines is 3. The minimum atomic E-state index is -0.0657. The van der Waals surface area contributed by atoms with Crippen LogP contribution in [0.25, 0.3) is 87.6 Å². The number of rotatable bonds is 1. The standard InChI is InChI=1S/C47H27BN2O2/c1-26-19-37-33-14-8-13-32-34-21-27-9-2-3-10-28(27)22-39(34)50(47(32)33)48-38-25-45-36(31-12-5-7-16-43(31)52-45)24-40(38)49(41(20-26)46(37)48)29-17-18-44-35(23-29)30-11-4-6-15-42(30)51-44/h2-25H,1H3. The van der Waals surface area contributed by atoms with Crippen molar-refractivity contribution in [3.05, 3.63) is 151 Å². The van der Waals surface area contributed by atoms with Crippen LogP contribution >= 0.6 is 0 Å². The first-order valence-corrected chi connectivity index (χ1v) is 17.9. The molecule has 13 rings (SSSR count). The highest BCUT2D eigenvalue weighted by Gasteiger charge is 2.43. The van der Waals surface area contributed by atoms with E-state index < -0.39 is 0 Å². The van der Waals surface area contributed by atoms with Crippen LogP contribution in [0.2, 0.25) is 0 Å². The van der Waals surface area contributed by atoms with Crippen LogP contribution < -0.4 is 15.8 Å². The Labute approximate surface area is 297 Å². The highest BCUT2D eigenvalue weighted by atomic mass is 16.3. The van der Waals surface area contributed by atoms with E-state index in [1.165, 1.54) is 65.9 Å². The van der Waals surface area contributed by atoms with Crippen molar-refractivity contribution in [3.8, 4) is 11.1 Å². The van der Waals surface area contributed by atoms with E-state index in [-0.39, 0.29) is 6.85 Å².